The van der Waals surface area contributed by atoms with Crippen molar-refractivity contribution in [2.45, 2.75) is 50.4 Å². The number of aromatic nitrogens is 3. The molecule has 0 amide bonds. The van der Waals surface area contributed by atoms with Crippen LogP contribution >= 0.6 is 0 Å². The second-order valence-corrected chi connectivity index (χ2v) is 9.03. The van der Waals surface area contributed by atoms with Crippen LogP contribution < -0.4 is 4.74 Å². The van der Waals surface area contributed by atoms with Crippen molar-refractivity contribution in [3.63, 3.8) is 0 Å². The van der Waals surface area contributed by atoms with Crippen LogP contribution in [0.3, 0.4) is 0 Å². The maximum atomic E-state index is 5.65. The number of benzene rings is 1. The minimum Gasteiger partial charge on any atom is -0.493 e. The highest BCUT2D eigenvalue weighted by molar-refractivity contribution is 5.60. The zero-order chi connectivity index (χ0) is 16.6. The first-order chi connectivity index (χ1) is 12.2. The van der Waals surface area contributed by atoms with E-state index >= 15 is 0 Å². The fraction of sp³-hybridized carbons (Fsp3) is 0.619. The van der Waals surface area contributed by atoms with Crippen molar-refractivity contribution < 1.29 is 4.74 Å². The Kier molecular flexibility index (Phi) is 2.79. The molecule has 5 aliphatic rings. The van der Waals surface area contributed by atoms with Crippen LogP contribution in [-0.4, -0.2) is 21.4 Å². The van der Waals surface area contributed by atoms with E-state index in [9.17, 15) is 0 Å². The molecule has 4 aliphatic carbocycles. The molecule has 0 unspecified atom stereocenters. The standard InChI is InChI=1S/C21H25N3O/c1-24-19(17-2-3-18-16(9-17)4-5-25-18)22-23-20(24)21-10-13-6-14(11-21)8-15(7-13)12-21/h2-3,9,13-15H,4-8,10-12H2,1H3. The van der Waals surface area contributed by atoms with Crippen LogP contribution in [0.5, 0.6) is 5.75 Å². The smallest absolute Gasteiger partial charge is 0.163 e. The quantitative estimate of drug-likeness (QED) is 0.836. The highest BCUT2D eigenvalue weighted by Crippen LogP contribution is 2.60. The molecule has 4 bridgehead atoms. The molecule has 1 aliphatic heterocycles. The molecule has 2 aromatic rings. The van der Waals surface area contributed by atoms with E-state index in [1.165, 1.54) is 55.5 Å². The fourth-order valence-electron chi connectivity index (χ4n) is 6.75. The van der Waals surface area contributed by atoms with Gasteiger partial charge in [0.25, 0.3) is 0 Å². The van der Waals surface area contributed by atoms with Crippen molar-refractivity contribution in [3.05, 3.63) is 29.6 Å². The van der Waals surface area contributed by atoms with E-state index in [-0.39, 0.29) is 0 Å². The van der Waals surface area contributed by atoms with Crippen LogP contribution in [0.15, 0.2) is 18.2 Å². The summed E-state index contributed by atoms with van der Waals surface area (Å²) in [5.74, 6) is 6.10. The lowest BCUT2D eigenvalue weighted by molar-refractivity contribution is -0.0107. The Morgan fingerprint density at radius 1 is 1.04 bits per heavy atom. The molecule has 1 aromatic carbocycles. The van der Waals surface area contributed by atoms with E-state index in [0.717, 1.165) is 42.4 Å². The first-order valence-electron chi connectivity index (χ1n) is 9.86. The molecular weight excluding hydrogens is 310 g/mol. The lowest BCUT2D eigenvalue weighted by atomic mass is 9.49. The number of fused-ring (bicyclic) bond motifs is 1. The molecule has 130 valence electrons. The average Bonchev–Trinajstić information content (AvgIpc) is 3.19. The SMILES string of the molecule is Cn1c(-c2ccc3c(c2)CCO3)nnc1C12CC3CC(CC(C3)C1)C2. The molecule has 2 heterocycles. The summed E-state index contributed by atoms with van der Waals surface area (Å²) in [4.78, 5) is 0. The number of ether oxygens (including phenoxy) is 1. The zero-order valence-electron chi connectivity index (χ0n) is 14.9. The first-order valence-corrected chi connectivity index (χ1v) is 9.86. The summed E-state index contributed by atoms with van der Waals surface area (Å²) in [6, 6.07) is 6.48. The van der Waals surface area contributed by atoms with Crippen molar-refractivity contribution in [2.75, 3.05) is 6.61 Å². The van der Waals surface area contributed by atoms with E-state index in [0.29, 0.717) is 5.41 Å². The third-order valence-electron chi connectivity index (χ3n) is 7.34. The molecule has 0 saturated heterocycles. The third kappa shape index (κ3) is 2.00. The maximum Gasteiger partial charge on any atom is 0.163 e. The third-order valence-corrected chi connectivity index (χ3v) is 7.34. The Balaban J connectivity index is 1.41. The fourth-order valence-corrected chi connectivity index (χ4v) is 6.75. The summed E-state index contributed by atoms with van der Waals surface area (Å²) in [6.45, 7) is 0.802. The summed E-state index contributed by atoms with van der Waals surface area (Å²) in [5.41, 5.74) is 2.78. The van der Waals surface area contributed by atoms with Gasteiger partial charge in [-0.2, -0.15) is 0 Å². The average molecular weight is 335 g/mol. The normalized spacial score (nSPS) is 35.0. The van der Waals surface area contributed by atoms with Crippen LogP contribution in [0.1, 0.15) is 49.9 Å². The van der Waals surface area contributed by atoms with Crippen molar-refractivity contribution in [1.29, 1.82) is 0 Å². The molecule has 4 fully saturated rings. The first kappa shape index (κ1) is 14.3. The molecule has 0 radical (unpaired) electrons. The van der Waals surface area contributed by atoms with Crippen molar-refractivity contribution >= 4 is 0 Å². The van der Waals surface area contributed by atoms with Crippen LogP contribution in [0.25, 0.3) is 11.4 Å². The lowest BCUT2D eigenvalue weighted by Gasteiger charge is -2.56. The number of hydrogen-bond donors (Lipinski definition) is 0. The van der Waals surface area contributed by atoms with Crippen LogP contribution in [-0.2, 0) is 18.9 Å². The molecule has 4 nitrogen and oxygen atoms in total. The molecule has 25 heavy (non-hydrogen) atoms. The van der Waals surface area contributed by atoms with Gasteiger partial charge in [-0.1, -0.05) is 0 Å². The highest BCUT2D eigenvalue weighted by atomic mass is 16.5. The second-order valence-electron chi connectivity index (χ2n) is 9.03. The Morgan fingerprint density at radius 3 is 2.48 bits per heavy atom. The summed E-state index contributed by atoms with van der Waals surface area (Å²) in [5, 5.41) is 9.40. The van der Waals surface area contributed by atoms with Gasteiger partial charge in [0.05, 0.1) is 6.61 Å². The Bertz CT molecular complexity index is 818. The molecule has 0 atom stereocenters. The molecule has 4 saturated carbocycles. The Hall–Kier alpha value is -1.84. The van der Waals surface area contributed by atoms with E-state index in [1.807, 2.05) is 0 Å². The predicted octanol–water partition coefficient (Wildman–Crippen LogP) is 3.88. The van der Waals surface area contributed by atoms with Crippen LogP contribution in [0, 0.1) is 17.8 Å². The second kappa shape index (κ2) is 4.87. The summed E-state index contributed by atoms with van der Waals surface area (Å²) in [7, 11) is 2.17. The molecule has 7 rings (SSSR count). The van der Waals surface area contributed by atoms with Gasteiger partial charge in [-0.05, 0) is 80.0 Å². The van der Waals surface area contributed by atoms with Gasteiger partial charge in [-0.15, -0.1) is 10.2 Å². The van der Waals surface area contributed by atoms with Gasteiger partial charge in [0.2, 0.25) is 0 Å². The van der Waals surface area contributed by atoms with E-state index in [2.05, 4.69) is 34.9 Å². The predicted molar refractivity (Wildman–Crippen MR) is 95.5 cm³/mol. The van der Waals surface area contributed by atoms with Gasteiger partial charge in [0, 0.05) is 24.4 Å². The minimum absolute atomic E-state index is 0.300. The molecule has 0 N–H and O–H groups in total. The van der Waals surface area contributed by atoms with Gasteiger partial charge in [0.15, 0.2) is 5.82 Å². The number of hydrogen-bond acceptors (Lipinski definition) is 3. The topological polar surface area (TPSA) is 39.9 Å². The van der Waals surface area contributed by atoms with Crippen molar-refractivity contribution in [1.82, 2.24) is 14.8 Å². The molecule has 0 spiro atoms. The largest absolute Gasteiger partial charge is 0.493 e. The lowest BCUT2D eigenvalue weighted by Crippen LogP contribution is -2.49. The van der Waals surface area contributed by atoms with Crippen LogP contribution in [0.4, 0.5) is 0 Å². The Morgan fingerprint density at radius 2 is 1.76 bits per heavy atom. The molecule has 4 heteroatoms. The molecule has 1 aromatic heterocycles. The van der Waals surface area contributed by atoms with Crippen molar-refractivity contribution in [2.24, 2.45) is 24.8 Å². The van der Waals surface area contributed by atoms with E-state index in [1.54, 1.807) is 0 Å². The summed E-state index contributed by atoms with van der Waals surface area (Å²) in [6.07, 6.45) is 9.41. The van der Waals surface area contributed by atoms with Gasteiger partial charge in [-0.3, -0.25) is 0 Å². The number of nitrogens with zero attached hydrogens (tertiary/aromatic N) is 3. The summed E-state index contributed by atoms with van der Waals surface area (Å²) < 4.78 is 7.94. The van der Waals surface area contributed by atoms with Gasteiger partial charge in [-0.25, -0.2) is 0 Å². The monoisotopic (exact) mass is 335 g/mol. The maximum absolute atomic E-state index is 5.65. The van der Waals surface area contributed by atoms with Crippen LogP contribution in [0.2, 0.25) is 0 Å². The highest BCUT2D eigenvalue weighted by Gasteiger charge is 2.53. The van der Waals surface area contributed by atoms with E-state index < -0.39 is 0 Å². The van der Waals surface area contributed by atoms with Crippen molar-refractivity contribution in [3.8, 4) is 17.1 Å². The van der Waals surface area contributed by atoms with Gasteiger partial charge < -0.3 is 9.30 Å². The van der Waals surface area contributed by atoms with E-state index in [4.69, 9.17) is 9.84 Å². The Labute approximate surface area is 148 Å². The number of rotatable bonds is 2. The molecular formula is C21H25N3O. The van der Waals surface area contributed by atoms with Gasteiger partial charge in [0.1, 0.15) is 11.6 Å². The zero-order valence-corrected chi connectivity index (χ0v) is 14.9. The summed E-state index contributed by atoms with van der Waals surface area (Å²) >= 11 is 0. The minimum atomic E-state index is 0.300. The van der Waals surface area contributed by atoms with Gasteiger partial charge >= 0.3 is 0 Å².